The third-order valence-electron chi connectivity index (χ3n) is 4.99. The Bertz CT molecular complexity index is 1100. The lowest BCUT2D eigenvalue weighted by Gasteiger charge is -2.25. The zero-order chi connectivity index (χ0) is 20.5. The molecule has 1 unspecified atom stereocenters. The molecule has 0 aliphatic carbocycles. The molecule has 4 rings (SSSR count). The number of hydrogen-bond donors (Lipinski definition) is 1. The van der Waals surface area contributed by atoms with Crippen molar-refractivity contribution in [2.45, 2.75) is 13.0 Å². The quantitative estimate of drug-likeness (QED) is 0.368. The molecular weight excluding hydrogens is 386 g/mol. The largest absolute Gasteiger partial charge is 0.507 e. The van der Waals surface area contributed by atoms with Gasteiger partial charge in [0.15, 0.2) is 0 Å². The number of carbonyl (C=O) groups excluding carboxylic acids is 2. The molecule has 1 atom stereocenters. The van der Waals surface area contributed by atoms with Crippen molar-refractivity contribution in [1.82, 2.24) is 0 Å². The SMILES string of the molecule is Cc1ccc(C(O)=C2C(=O)C(=O)N(c3ccccc3)C2c2ccc(Cl)cc2)cc1. The molecule has 3 aromatic carbocycles. The molecule has 0 aromatic heterocycles. The van der Waals surface area contributed by atoms with E-state index in [2.05, 4.69) is 0 Å². The minimum atomic E-state index is -0.754. The van der Waals surface area contributed by atoms with Gasteiger partial charge in [0.05, 0.1) is 11.6 Å². The average Bonchev–Trinajstić information content (AvgIpc) is 3.00. The summed E-state index contributed by atoms with van der Waals surface area (Å²) in [7, 11) is 0. The standard InChI is InChI=1S/C24H18ClNO3/c1-15-7-9-17(10-8-15)22(27)20-21(16-11-13-18(25)14-12-16)26(24(29)23(20)28)19-5-3-2-4-6-19/h2-14,21,27H,1H3. The van der Waals surface area contributed by atoms with Gasteiger partial charge < -0.3 is 5.11 Å². The van der Waals surface area contributed by atoms with E-state index in [1.807, 2.05) is 25.1 Å². The Morgan fingerprint density at radius 3 is 2.14 bits per heavy atom. The summed E-state index contributed by atoms with van der Waals surface area (Å²) in [6.45, 7) is 1.94. The first-order valence-corrected chi connectivity index (χ1v) is 9.53. The fourth-order valence-electron chi connectivity index (χ4n) is 3.51. The fraction of sp³-hybridized carbons (Fsp3) is 0.0833. The molecule has 0 bridgehead atoms. The van der Waals surface area contributed by atoms with Gasteiger partial charge in [-0.1, -0.05) is 71.8 Å². The second-order valence-corrected chi connectivity index (χ2v) is 7.36. The maximum Gasteiger partial charge on any atom is 0.300 e. The summed E-state index contributed by atoms with van der Waals surface area (Å²) < 4.78 is 0. The molecule has 144 valence electrons. The Kier molecular flexibility index (Phi) is 4.95. The molecule has 1 heterocycles. The van der Waals surface area contributed by atoms with Crippen LogP contribution in [0.1, 0.15) is 22.7 Å². The summed E-state index contributed by atoms with van der Waals surface area (Å²) in [5.74, 6) is -1.58. The van der Waals surface area contributed by atoms with Crippen LogP contribution in [-0.4, -0.2) is 16.8 Å². The Hall–Kier alpha value is -3.37. The van der Waals surface area contributed by atoms with Gasteiger partial charge in [0.1, 0.15) is 5.76 Å². The second kappa shape index (κ2) is 7.57. The number of halogens is 1. The minimum Gasteiger partial charge on any atom is -0.507 e. The first-order valence-electron chi connectivity index (χ1n) is 9.16. The summed E-state index contributed by atoms with van der Waals surface area (Å²) in [6, 6.07) is 22.3. The molecule has 1 aliphatic rings. The van der Waals surface area contributed by atoms with Crippen LogP contribution in [0.25, 0.3) is 5.76 Å². The molecule has 5 heteroatoms. The first-order chi connectivity index (χ1) is 14.0. The van der Waals surface area contributed by atoms with E-state index in [9.17, 15) is 14.7 Å². The number of anilines is 1. The molecule has 0 saturated carbocycles. The van der Waals surface area contributed by atoms with E-state index in [0.29, 0.717) is 21.8 Å². The van der Waals surface area contributed by atoms with Crippen LogP contribution >= 0.6 is 11.6 Å². The number of hydrogen-bond acceptors (Lipinski definition) is 3. The zero-order valence-electron chi connectivity index (χ0n) is 15.7. The molecule has 29 heavy (non-hydrogen) atoms. The Labute approximate surface area is 173 Å². The van der Waals surface area contributed by atoms with E-state index >= 15 is 0 Å². The lowest BCUT2D eigenvalue weighted by molar-refractivity contribution is -0.132. The number of carbonyl (C=O) groups is 2. The highest BCUT2D eigenvalue weighted by molar-refractivity contribution is 6.51. The molecule has 1 amide bonds. The molecule has 1 N–H and O–H groups in total. The van der Waals surface area contributed by atoms with Gasteiger partial charge in [-0.05, 0) is 36.8 Å². The molecule has 4 nitrogen and oxygen atoms in total. The van der Waals surface area contributed by atoms with Gasteiger partial charge in [0.25, 0.3) is 11.7 Å². The van der Waals surface area contributed by atoms with Crippen molar-refractivity contribution in [3.05, 3.63) is 106 Å². The van der Waals surface area contributed by atoms with Gasteiger partial charge in [-0.15, -0.1) is 0 Å². The van der Waals surface area contributed by atoms with Crippen molar-refractivity contribution in [2.24, 2.45) is 0 Å². The smallest absolute Gasteiger partial charge is 0.300 e. The van der Waals surface area contributed by atoms with Crippen molar-refractivity contribution in [3.63, 3.8) is 0 Å². The van der Waals surface area contributed by atoms with E-state index in [1.54, 1.807) is 60.7 Å². The van der Waals surface area contributed by atoms with Crippen LogP contribution in [0.5, 0.6) is 0 Å². The number of para-hydroxylation sites is 1. The monoisotopic (exact) mass is 403 g/mol. The van der Waals surface area contributed by atoms with E-state index < -0.39 is 17.7 Å². The van der Waals surface area contributed by atoms with Crippen molar-refractivity contribution in [1.29, 1.82) is 0 Å². The van der Waals surface area contributed by atoms with E-state index in [0.717, 1.165) is 5.56 Å². The first kappa shape index (κ1) is 19.0. The highest BCUT2D eigenvalue weighted by atomic mass is 35.5. The summed E-state index contributed by atoms with van der Waals surface area (Å²) in [5, 5.41) is 11.5. The maximum atomic E-state index is 13.0. The number of ketones is 1. The molecule has 3 aromatic rings. The molecule has 1 saturated heterocycles. The summed E-state index contributed by atoms with van der Waals surface area (Å²) in [6.07, 6.45) is 0. The Morgan fingerprint density at radius 2 is 1.52 bits per heavy atom. The number of rotatable bonds is 3. The van der Waals surface area contributed by atoms with Crippen molar-refractivity contribution >= 4 is 34.7 Å². The van der Waals surface area contributed by atoms with Crippen LogP contribution in [0, 0.1) is 6.92 Å². The fourth-order valence-corrected chi connectivity index (χ4v) is 3.64. The molecular formula is C24H18ClNO3. The number of Topliss-reactive ketones (excluding diaryl/α,β-unsaturated/α-hetero) is 1. The number of aliphatic hydroxyl groups excluding tert-OH is 1. The van der Waals surface area contributed by atoms with Crippen LogP contribution < -0.4 is 4.90 Å². The second-order valence-electron chi connectivity index (χ2n) is 6.92. The Balaban J connectivity index is 1.94. The highest BCUT2D eigenvalue weighted by Crippen LogP contribution is 2.42. The van der Waals surface area contributed by atoms with Gasteiger partial charge in [-0.25, -0.2) is 0 Å². The zero-order valence-corrected chi connectivity index (χ0v) is 16.4. The van der Waals surface area contributed by atoms with Crippen molar-refractivity contribution < 1.29 is 14.7 Å². The van der Waals surface area contributed by atoms with E-state index in [4.69, 9.17) is 11.6 Å². The number of aryl methyl sites for hydroxylation is 1. The predicted molar refractivity (Wildman–Crippen MR) is 114 cm³/mol. The summed E-state index contributed by atoms with van der Waals surface area (Å²) >= 11 is 6.03. The molecule has 1 fully saturated rings. The van der Waals surface area contributed by atoms with Crippen molar-refractivity contribution in [2.75, 3.05) is 4.90 Å². The summed E-state index contributed by atoms with van der Waals surface area (Å²) in [5.41, 5.74) is 2.84. The number of aliphatic hydroxyl groups is 1. The maximum absolute atomic E-state index is 13.0. The Morgan fingerprint density at radius 1 is 0.897 bits per heavy atom. The van der Waals surface area contributed by atoms with Gasteiger partial charge in [-0.3, -0.25) is 14.5 Å². The highest BCUT2D eigenvalue weighted by Gasteiger charge is 2.46. The number of benzene rings is 3. The van der Waals surface area contributed by atoms with Gasteiger partial charge in [-0.2, -0.15) is 0 Å². The molecule has 0 spiro atoms. The van der Waals surface area contributed by atoms with Gasteiger partial charge >= 0.3 is 0 Å². The average molecular weight is 404 g/mol. The number of amides is 1. The van der Waals surface area contributed by atoms with E-state index in [1.165, 1.54) is 4.90 Å². The lowest BCUT2D eigenvalue weighted by atomic mass is 9.95. The predicted octanol–water partition coefficient (Wildman–Crippen LogP) is 5.27. The van der Waals surface area contributed by atoms with Crippen LogP contribution in [0.4, 0.5) is 5.69 Å². The third kappa shape index (κ3) is 3.43. The molecule has 1 aliphatic heterocycles. The van der Waals surface area contributed by atoms with Crippen LogP contribution in [-0.2, 0) is 9.59 Å². The van der Waals surface area contributed by atoms with E-state index in [-0.39, 0.29) is 11.3 Å². The topological polar surface area (TPSA) is 57.6 Å². The van der Waals surface area contributed by atoms with Crippen LogP contribution in [0.2, 0.25) is 5.02 Å². The van der Waals surface area contributed by atoms with Gasteiger partial charge in [0, 0.05) is 16.3 Å². The molecule has 0 radical (unpaired) electrons. The number of nitrogens with zero attached hydrogens (tertiary/aromatic N) is 1. The normalized spacial score (nSPS) is 18.3. The minimum absolute atomic E-state index is 0.0602. The van der Waals surface area contributed by atoms with Gasteiger partial charge in [0.2, 0.25) is 0 Å². The third-order valence-corrected chi connectivity index (χ3v) is 5.24. The van der Waals surface area contributed by atoms with Crippen LogP contribution in [0.15, 0.2) is 84.4 Å². The lowest BCUT2D eigenvalue weighted by Crippen LogP contribution is -2.29. The summed E-state index contributed by atoms with van der Waals surface area (Å²) in [4.78, 5) is 27.4. The van der Waals surface area contributed by atoms with Crippen molar-refractivity contribution in [3.8, 4) is 0 Å². The van der Waals surface area contributed by atoms with Crippen LogP contribution in [0.3, 0.4) is 0 Å².